The molecule has 1 fully saturated rings. The monoisotopic (exact) mass is 554 g/mol. The molecule has 7 nitrogen and oxygen atoms in total. The van der Waals surface area contributed by atoms with Crippen LogP contribution in [0.25, 0.3) is 5.69 Å². The molecule has 2 amide bonds. The van der Waals surface area contributed by atoms with E-state index < -0.39 is 23.3 Å². The number of para-hydroxylation sites is 1. The van der Waals surface area contributed by atoms with Crippen LogP contribution in [0, 0.1) is 11.8 Å². The van der Waals surface area contributed by atoms with Gasteiger partial charge in [0.15, 0.2) is 5.69 Å². The summed E-state index contributed by atoms with van der Waals surface area (Å²) in [6, 6.07) is 18.0. The topological polar surface area (TPSA) is 84.3 Å². The van der Waals surface area contributed by atoms with Gasteiger partial charge in [-0.3, -0.25) is 14.4 Å². The molecule has 2 aromatic carbocycles. The first-order chi connectivity index (χ1) is 19.1. The number of carbonyl (C=O) groups excluding carboxylic acids is 3. The maximum atomic E-state index is 13.5. The molecule has 10 heteroatoms. The summed E-state index contributed by atoms with van der Waals surface area (Å²) in [5.74, 6) is -0.977. The summed E-state index contributed by atoms with van der Waals surface area (Å²) in [6.07, 6.45) is -0.630. The molecule has 1 aliphatic carbocycles. The zero-order valence-electron chi connectivity index (χ0n) is 22.4. The number of halogens is 3. The maximum absolute atomic E-state index is 13.5. The van der Waals surface area contributed by atoms with Crippen LogP contribution >= 0.6 is 0 Å². The van der Waals surface area contributed by atoms with Crippen molar-refractivity contribution in [1.29, 1.82) is 0 Å². The normalized spacial score (nSPS) is 17.3. The van der Waals surface area contributed by atoms with Gasteiger partial charge in [0.05, 0.1) is 11.3 Å². The van der Waals surface area contributed by atoms with E-state index in [1.807, 2.05) is 30.3 Å². The van der Waals surface area contributed by atoms with Crippen molar-refractivity contribution in [2.45, 2.75) is 51.2 Å². The molecule has 1 aromatic heterocycles. The Hall–Kier alpha value is -3.95. The molecular formula is C30H33F3N4O3. The van der Waals surface area contributed by atoms with Crippen LogP contribution in [0.3, 0.4) is 0 Å². The van der Waals surface area contributed by atoms with Gasteiger partial charge in [0, 0.05) is 44.6 Å². The zero-order chi connectivity index (χ0) is 28.7. The molecule has 1 heterocycles. The van der Waals surface area contributed by atoms with Crippen LogP contribution < -0.4 is 5.32 Å². The van der Waals surface area contributed by atoms with Crippen molar-refractivity contribution < 1.29 is 27.6 Å². The first kappa shape index (κ1) is 29.0. The fourth-order valence-corrected chi connectivity index (χ4v) is 5.14. The number of nitrogens with zero attached hydrogens (tertiary/aromatic N) is 3. The Morgan fingerprint density at radius 3 is 2.17 bits per heavy atom. The summed E-state index contributed by atoms with van der Waals surface area (Å²) >= 11 is 0. The third-order valence-corrected chi connectivity index (χ3v) is 7.30. The minimum atomic E-state index is -4.79. The number of aromatic nitrogens is 2. The molecule has 4 rings (SSSR count). The van der Waals surface area contributed by atoms with E-state index in [4.69, 9.17) is 0 Å². The number of alkyl halides is 3. The molecule has 40 heavy (non-hydrogen) atoms. The van der Waals surface area contributed by atoms with Gasteiger partial charge in [-0.2, -0.15) is 18.3 Å². The lowest BCUT2D eigenvalue weighted by Crippen LogP contribution is -2.35. The minimum absolute atomic E-state index is 0.0608. The Kier molecular flexibility index (Phi) is 9.39. The summed E-state index contributed by atoms with van der Waals surface area (Å²) in [7, 11) is 1.80. The predicted octanol–water partition coefficient (Wildman–Crippen LogP) is 5.44. The summed E-state index contributed by atoms with van der Waals surface area (Å²) in [4.78, 5) is 39.9. The van der Waals surface area contributed by atoms with Crippen molar-refractivity contribution in [1.82, 2.24) is 20.0 Å². The maximum Gasteiger partial charge on any atom is 0.435 e. The molecule has 1 aliphatic rings. The first-order valence-corrected chi connectivity index (χ1v) is 13.5. The molecule has 0 aliphatic heterocycles. The lowest BCUT2D eigenvalue weighted by Gasteiger charge is -2.30. The number of Topliss-reactive ketones (excluding diaryl/α,β-unsaturated/α-hetero) is 1. The van der Waals surface area contributed by atoms with Gasteiger partial charge in [0.2, 0.25) is 5.91 Å². The van der Waals surface area contributed by atoms with Crippen molar-refractivity contribution in [2.75, 3.05) is 13.6 Å². The number of amides is 2. The smallest absolute Gasteiger partial charge is 0.352 e. The van der Waals surface area contributed by atoms with Gasteiger partial charge in [-0.05, 0) is 49.8 Å². The molecular weight excluding hydrogens is 521 g/mol. The predicted molar refractivity (Wildman–Crippen MR) is 144 cm³/mol. The highest BCUT2D eigenvalue weighted by Gasteiger charge is 2.39. The van der Waals surface area contributed by atoms with Crippen LogP contribution in [0.2, 0.25) is 0 Å². The van der Waals surface area contributed by atoms with E-state index in [9.17, 15) is 27.6 Å². The van der Waals surface area contributed by atoms with Gasteiger partial charge in [-0.25, -0.2) is 4.68 Å². The molecule has 1 N–H and O–H groups in total. The van der Waals surface area contributed by atoms with Crippen molar-refractivity contribution in [2.24, 2.45) is 11.8 Å². The quantitative estimate of drug-likeness (QED) is 0.339. The molecule has 0 radical (unpaired) electrons. The Morgan fingerprint density at radius 2 is 1.55 bits per heavy atom. The highest BCUT2D eigenvalue weighted by atomic mass is 19.4. The summed E-state index contributed by atoms with van der Waals surface area (Å²) in [5, 5.41) is 6.08. The van der Waals surface area contributed by atoms with E-state index >= 15 is 0 Å². The van der Waals surface area contributed by atoms with E-state index in [2.05, 4.69) is 10.4 Å². The van der Waals surface area contributed by atoms with E-state index in [1.165, 1.54) is 0 Å². The van der Waals surface area contributed by atoms with Gasteiger partial charge in [0.25, 0.3) is 5.91 Å². The summed E-state index contributed by atoms with van der Waals surface area (Å²) in [6.45, 7) is 0.609. The van der Waals surface area contributed by atoms with Crippen LogP contribution in [0.5, 0.6) is 0 Å². The number of carbonyl (C=O) groups is 3. The Labute approximate surface area is 231 Å². The van der Waals surface area contributed by atoms with Gasteiger partial charge in [-0.1, -0.05) is 48.5 Å². The second-order valence-electron chi connectivity index (χ2n) is 10.2. The van der Waals surface area contributed by atoms with E-state index in [0.29, 0.717) is 44.3 Å². The standard InChI is InChI=1S/C30H33F3N4O3/c1-36(19-21-9-4-2-5-10-21)29(40)23-16-14-22(15-17-23)26(38)13-8-18-34-28(39)25-20-37(24-11-6-3-7-12-24)35-27(25)30(31,32)33/h2-7,9-12,20,22-23H,8,13-19H2,1H3,(H,34,39). The van der Waals surface area contributed by atoms with Gasteiger partial charge >= 0.3 is 6.18 Å². The van der Waals surface area contributed by atoms with Crippen molar-refractivity contribution in [3.05, 3.63) is 83.7 Å². The molecule has 212 valence electrons. The van der Waals surface area contributed by atoms with Crippen molar-refractivity contribution in [3.63, 3.8) is 0 Å². The molecule has 0 unspecified atom stereocenters. The third-order valence-electron chi connectivity index (χ3n) is 7.30. The number of hydrogen-bond acceptors (Lipinski definition) is 4. The number of benzene rings is 2. The fourth-order valence-electron chi connectivity index (χ4n) is 5.14. The van der Waals surface area contributed by atoms with Crippen LogP contribution in [-0.4, -0.2) is 45.9 Å². The Balaban J connectivity index is 1.22. The van der Waals surface area contributed by atoms with Crippen molar-refractivity contribution >= 4 is 17.6 Å². The lowest BCUT2D eigenvalue weighted by atomic mass is 9.78. The van der Waals surface area contributed by atoms with Crippen LogP contribution in [0.4, 0.5) is 13.2 Å². The average molecular weight is 555 g/mol. The van der Waals surface area contributed by atoms with E-state index in [-0.39, 0.29) is 36.5 Å². The molecule has 0 atom stereocenters. The first-order valence-electron chi connectivity index (χ1n) is 13.5. The third kappa shape index (κ3) is 7.37. The van der Waals surface area contributed by atoms with Gasteiger partial charge < -0.3 is 10.2 Å². The summed E-state index contributed by atoms with van der Waals surface area (Å²) < 4.78 is 41.6. The van der Waals surface area contributed by atoms with Crippen LogP contribution in [-0.2, 0) is 22.3 Å². The number of ketones is 1. The molecule has 1 saturated carbocycles. The number of nitrogens with one attached hydrogen (secondary N) is 1. The van der Waals surface area contributed by atoms with Gasteiger partial charge in [-0.15, -0.1) is 0 Å². The summed E-state index contributed by atoms with van der Waals surface area (Å²) in [5.41, 5.74) is -0.362. The number of rotatable bonds is 10. The second-order valence-corrected chi connectivity index (χ2v) is 10.2. The molecule has 0 spiro atoms. The number of hydrogen-bond donors (Lipinski definition) is 1. The highest BCUT2D eigenvalue weighted by molar-refractivity contribution is 5.95. The zero-order valence-corrected chi connectivity index (χ0v) is 22.4. The van der Waals surface area contributed by atoms with E-state index in [0.717, 1.165) is 16.4 Å². The molecule has 0 saturated heterocycles. The van der Waals surface area contributed by atoms with Crippen LogP contribution in [0.15, 0.2) is 66.9 Å². The molecule has 3 aromatic rings. The SMILES string of the molecule is CN(Cc1ccccc1)C(=O)C1CCC(C(=O)CCCNC(=O)c2cn(-c3ccccc3)nc2C(F)(F)F)CC1. The van der Waals surface area contributed by atoms with Gasteiger partial charge in [0.1, 0.15) is 5.78 Å². The molecule has 0 bridgehead atoms. The van der Waals surface area contributed by atoms with Crippen LogP contribution in [0.1, 0.15) is 60.1 Å². The lowest BCUT2D eigenvalue weighted by molar-refractivity contribution is -0.141. The second kappa shape index (κ2) is 12.9. The van der Waals surface area contributed by atoms with Crippen molar-refractivity contribution in [3.8, 4) is 5.69 Å². The Morgan fingerprint density at radius 1 is 0.950 bits per heavy atom. The highest BCUT2D eigenvalue weighted by Crippen LogP contribution is 2.32. The van der Waals surface area contributed by atoms with E-state index in [1.54, 1.807) is 42.3 Å². The largest absolute Gasteiger partial charge is 0.435 e. The fraction of sp³-hybridized carbons (Fsp3) is 0.400. The minimum Gasteiger partial charge on any atom is -0.352 e. The average Bonchev–Trinajstić information content (AvgIpc) is 3.43. The Bertz CT molecular complexity index is 1300.